The molecule has 0 aliphatic carbocycles. The van der Waals surface area contributed by atoms with Gasteiger partial charge in [-0.2, -0.15) is 0 Å². The van der Waals surface area contributed by atoms with Crippen molar-refractivity contribution >= 4 is 15.7 Å². The van der Waals surface area contributed by atoms with E-state index in [9.17, 15) is 17.6 Å². The third-order valence-corrected chi connectivity index (χ3v) is 7.63. The second kappa shape index (κ2) is 10.9. The third-order valence-electron chi connectivity index (χ3n) is 6.03. The third kappa shape index (κ3) is 5.71. The molecule has 1 heterocycles. The predicted molar refractivity (Wildman–Crippen MR) is 137 cm³/mol. The van der Waals surface area contributed by atoms with Crippen LogP contribution in [0.5, 0.6) is 0 Å². The predicted octanol–water partition coefficient (Wildman–Crippen LogP) is 5.02. The van der Waals surface area contributed by atoms with Gasteiger partial charge in [-0.25, -0.2) is 17.8 Å². The summed E-state index contributed by atoms with van der Waals surface area (Å²) in [5, 5.41) is -0.0786. The number of amides is 1. The Morgan fingerprint density at radius 2 is 1.61 bits per heavy atom. The average molecular weight is 506 g/mol. The van der Waals surface area contributed by atoms with E-state index in [0.29, 0.717) is 23.4 Å². The number of nitrogens with zero attached hydrogens (tertiary/aromatic N) is 3. The van der Waals surface area contributed by atoms with Crippen molar-refractivity contribution in [2.45, 2.75) is 37.8 Å². The molecule has 4 rings (SSSR count). The fraction of sp³-hybridized carbons (Fsp3) is 0.214. The van der Waals surface area contributed by atoms with E-state index in [1.807, 2.05) is 62.4 Å². The number of sulfone groups is 1. The largest absolute Gasteiger partial charge is 0.333 e. The summed E-state index contributed by atoms with van der Waals surface area (Å²) in [6.45, 7) is 4.71. The molecule has 0 spiro atoms. The smallest absolute Gasteiger partial charge is 0.254 e. The highest BCUT2D eigenvalue weighted by atomic mass is 32.2. The Labute approximate surface area is 211 Å². The van der Waals surface area contributed by atoms with E-state index >= 15 is 0 Å². The molecular formula is C28H28FN3O3S. The number of halogens is 1. The van der Waals surface area contributed by atoms with Gasteiger partial charge < -0.3 is 9.47 Å². The summed E-state index contributed by atoms with van der Waals surface area (Å²) in [7, 11) is -3.85. The normalized spacial score (nSPS) is 11.4. The van der Waals surface area contributed by atoms with Crippen molar-refractivity contribution in [3.63, 3.8) is 0 Å². The summed E-state index contributed by atoms with van der Waals surface area (Å²) in [5.74, 6) is -0.862. The molecule has 1 aromatic heterocycles. The molecule has 0 saturated carbocycles. The molecule has 186 valence electrons. The number of hydrogen-bond donors (Lipinski definition) is 0. The number of aromatic nitrogens is 2. The number of imidazole rings is 1. The Morgan fingerprint density at radius 3 is 2.28 bits per heavy atom. The summed E-state index contributed by atoms with van der Waals surface area (Å²) < 4.78 is 41.8. The van der Waals surface area contributed by atoms with Gasteiger partial charge in [-0.1, -0.05) is 60.7 Å². The van der Waals surface area contributed by atoms with Gasteiger partial charge in [0.2, 0.25) is 15.0 Å². The zero-order valence-electron chi connectivity index (χ0n) is 20.3. The Hall–Kier alpha value is -3.78. The van der Waals surface area contributed by atoms with Gasteiger partial charge in [0.25, 0.3) is 5.91 Å². The Bertz CT molecular complexity index is 1450. The second-order valence-electron chi connectivity index (χ2n) is 8.62. The standard InChI is InChI=1S/C28H28FN3O3S/c1-3-31(27(33)26-12-8-7-9-21(26)2)19-25-17-30-28(32(25)18-22-10-5-4-6-11-22)36(34,35)20-23-13-15-24(29)16-14-23/h4-17H,3,18-20H2,1-2H3. The van der Waals surface area contributed by atoms with Crippen LogP contribution in [-0.2, 0) is 28.7 Å². The number of rotatable bonds is 9. The quantitative estimate of drug-likeness (QED) is 0.320. The minimum Gasteiger partial charge on any atom is -0.333 e. The van der Waals surface area contributed by atoms with Gasteiger partial charge in [0.1, 0.15) is 5.82 Å². The number of hydrogen-bond acceptors (Lipinski definition) is 4. The molecule has 0 fully saturated rings. The van der Waals surface area contributed by atoms with Gasteiger partial charge in [0, 0.05) is 12.1 Å². The molecular weight excluding hydrogens is 477 g/mol. The maximum atomic E-state index is 13.4. The SMILES string of the molecule is CCN(Cc1cnc(S(=O)(=O)Cc2ccc(F)cc2)n1Cc1ccccc1)C(=O)c1ccccc1C. The molecule has 0 atom stereocenters. The van der Waals surface area contributed by atoms with Gasteiger partial charge in [0.05, 0.1) is 30.7 Å². The van der Waals surface area contributed by atoms with Crippen molar-refractivity contribution in [3.05, 3.63) is 119 Å². The first kappa shape index (κ1) is 25.3. The molecule has 3 aromatic carbocycles. The van der Waals surface area contributed by atoms with E-state index in [-0.39, 0.29) is 29.9 Å². The van der Waals surface area contributed by atoms with Crippen LogP contribution in [0, 0.1) is 12.7 Å². The first-order valence-corrected chi connectivity index (χ1v) is 13.3. The van der Waals surface area contributed by atoms with E-state index in [2.05, 4.69) is 4.98 Å². The van der Waals surface area contributed by atoms with Gasteiger partial charge in [-0.05, 0) is 48.7 Å². The molecule has 0 aliphatic rings. The lowest BCUT2D eigenvalue weighted by Gasteiger charge is -2.23. The fourth-order valence-corrected chi connectivity index (χ4v) is 5.56. The molecule has 4 aromatic rings. The monoisotopic (exact) mass is 505 g/mol. The maximum Gasteiger partial charge on any atom is 0.254 e. The maximum absolute atomic E-state index is 13.4. The number of aryl methyl sites for hydroxylation is 1. The van der Waals surface area contributed by atoms with Gasteiger partial charge in [-0.15, -0.1) is 0 Å². The Kier molecular flexibility index (Phi) is 7.64. The zero-order valence-corrected chi connectivity index (χ0v) is 21.1. The van der Waals surface area contributed by atoms with E-state index in [0.717, 1.165) is 11.1 Å². The summed E-state index contributed by atoms with van der Waals surface area (Å²) in [5.41, 5.74) is 3.47. The van der Waals surface area contributed by atoms with E-state index in [1.165, 1.54) is 30.5 Å². The topological polar surface area (TPSA) is 72.3 Å². The molecule has 0 radical (unpaired) electrons. The minimum absolute atomic E-state index is 0.0786. The van der Waals surface area contributed by atoms with Crippen LogP contribution in [0.4, 0.5) is 4.39 Å². The first-order chi connectivity index (χ1) is 17.3. The highest BCUT2D eigenvalue weighted by Gasteiger charge is 2.26. The van der Waals surface area contributed by atoms with E-state index in [4.69, 9.17) is 0 Å². The van der Waals surface area contributed by atoms with Crippen LogP contribution in [0.15, 0.2) is 90.2 Å². The lowest BCUT2D eigenvalue weighted by Crippen LogP contribution is -2.32. The van der Waals surface area contributed by atoms with Gasteiger partial charge in [-0.3, -0.25) is 4.79 Å². The Morgan fingerprint density at radius 1 is 0.944 bits per heavy atom. The van der Waals surface area contributed by atoms with Crippen molar-refractivity contribution in [1.82, 2.24) is 14.5 Å². The molecule has 6 nitrogen and oxygen atoms in total. The van der Waals surface area contributed by atoms with Crippen molar-refractivity contribution in [2.24, 2.45) is 0 Å². The molecule has 8 heteroatoms. The molecule has 0 N–H and O–H groups in total. The minimum atomic E-state index is -3.85. The van der Waals surface area contributed by atoms with E-state index < -0.39 is 15.7 Å². The number of carbonyl (C=O) groups is 1. The highest BCUT2D eigenvalue weighted by molar-refractivity contribution is 7.90. The average Bonchev–Trinajstić information content (AvgIpc) is 3.27. The summed E-state index contributed by atoms with van der Waals surface area (Å²) in [6, 6.07) is 22.3. The lowest BCUT2D eigenvalue weighted by molar-refractivity contribution is 0.0748. The fourth-order valence-electron chi connectivity index (χ4n) is 4.07. The van der Waals surface area contributed by atoms with Crippen LogP contribution >= 0.6 is 0 Å². The van der Waals surface area contributed by atoms with Crippen molar-refractivity contribution < 1.29 is 17.6 Å². The first-order valence-electron chi connectivity index (χ1n) is 11.7. The second-order valence-corrected chi connectivity index (χ2v) is 10.5. The Balaban J connectivity index is 1.70. The summed E-state index contributed by atoms with van der Waals surface area (Å²) >= 11 is 0. The van der Waals surface area contributed by atoms with Crippen LogP contribution in [0.1, 0.15) is 39.7 Å². The molecule has 1 amide bonds. The van der Waals surface area contributed by atoms with Crippen molar-refractivity contribution in [3.8, 4) is 0 Å². The zero-order chi connectivity index (χ0) is 25.7. The highest BCUT2D eigenvalue weighted by Crippen LogP contribution is 2.22. The van der Waals surface area contributed by atoms with Crippen LogP contribution in [-0.4, -0.2) is 35.3 Å². The summed E-state index contributed by atoms with van der Waals surface area (Å²) in [6.07, 6.45) is 1.52. The molecule has 0 saturated heterocycles. The van der Waals surface area contributed by atoms with Crippen molar-refractivity contribution in [1.29, 1.82) is 0 Å². The molecule has 36 heavy (non-hydrogen) atoms. The van der Waals surface area contributed by atoms with Crippen LogP contribution < -0.4 is 0 Å². The number of carbonyl (C=O) groups excluding carboxylic acids is 1. The summed E-state index contributed by atoms with van der Waals surface area (Å²) in [4.78, 5) is 19.3. The molecule has 0 unspecified atom stereocenters. The van der Waals surface area contributed by atoms with Crippen LogP contribution in [0.25, 0.3) is 0 Å². The lowest BCUT2D eigenvalue weighted by atomic mass is 10.1. The van der Waals surface area contributed by atoms with Gasteiger partial charge in [0.15, 0.2) is 0 Å². The van der Waals surface area contributed by atoms with Crippen molar-refractivity contribution in [2.75, 3.05) is 6.54 Å². The van der Waals surface area contributed by atoms with Crippen LogP contribution in [0.2, 0.25) is 0 Å². The molecule has 0 aliphatic heterocycles. The number of benzene rings is 3. The van der Waals surface area contributed by atoms with Gasteiger partial charge >= 0.3 is 0 Å². The van der Waals surface area contributed by atoms with E-state index in [1.54, 1.807) is 15.5 Å². The van der Waals surface area contributed by atoms with Crippen LogP contribution in [0.3, 0.4) is 0 Å². The molecule has 0 bridgehead atoms.